The summed E-state index contributed by atoms with van der Waals surface area (Å²) in [5.41, 5.74) is 6.55. The molecule has 9 heteroatoms. The minimum absolute atomic E-state index is 0.651. The van der Waals surface area contributed by atoms with Gasteiger partial charge in [0, 0.05) is 24.9 Å². The van der Waals surface area contributed by atoms with Gasteiger partial charge in [-0.3, -0.25) is 0 Å². The zero-order chi connectivity index (χ0) is 16.5. The van der Waals surface area contributed by atoms with Crippen LogP contribution < -0.4 is 5.73 Å². The third kappa shape index (κ3) is 5.19. The molecule has 0 bridgehead atoms. The number of carbonyl (C=O) groups is 2. The van der Waals surface area contributed by atoms with Crippen LogP contribution >= 0.6 is 11.8 Å². The normalized spacial score (nSPS) is 9.73. The number of carboxylic acid groups (broad SMARTS) is 2. The molecule has 0 amide bonds. The quantitative estimate of drug-likeness (QED) is 0.553. The number of benzene rings is 1. The molecule has 2 rings (SSSR count). The molecule has 118 valence electrons. The highest BCUT2D eigenvalue weighted by atomic mass is 32.2. The third-order valence-electron chi connectivity index (χ3n) is 2.40. The Morgan fingerprint density at radius 1 is 1.18 bits per heavy atom. The Hall–Kier alpha value is -2.39. The number of hydrogen-bond acceptors (Lipinski definition) is 6. The van der Waals surface area contributed by atoms with Gasteiger partial charge in [0.1, 0.15) is 0 Å². The van der Waals surface area contributed by atoms with Crippen molar-refractivity contribution in [2.45, 2.75) is 5.16 Å². The predicted octanol–water partition coefficient (Wildman–Crippen LogP) is 0.688. The summed E-state index contributed by atoms with van der Waals surface area (Å²) >= 11 is 1.63. The zero-order valence-electron chi connectivity index (χ0n) is 11.8. The Kier molecular flexibility index (Phi) is 7.06. The summed E-state index contributed by atoms with van der Waals surface area (Å²) in [6, 6.07) is 10.0. The highest BCUT2D eigenvalue weighted by Gasteiger charge is 2.09. The largest absolute Gasteiger partial charge is 0.473 e. The van der Waals surface area contributed by atoms with Crippen LogP contribution in [0, 0.1) is 0 Å². The van der Waals surface area contributed by atoms with Gasteiger partial charge in [0.2, 0.25) is 0 Å². The summed E-state index contributed by atoms with van der Waals surface area (Å²) < 4.78 is 2.00. The Morgan fingerprint density at radius 2 is 1.77 bits per heavy atom. The zero-order valence-corrected chi connectivity index (χ0v) is 12.7. The Balaban J connectivity index is 0.000000346. The molecule has 1 heterocycles. The van der Waals surface area contributed by atoms with Crippen LogP contribution in [0.1, 0.15) is 0 Å². The smallest absolute Gasteiger partial charge is 0.414 e. The van der Waals surface area contributed by atoms with E-state index in [1.807, 2.05) is 41.9 Å². The molecule has 22 heavy (non-hydrogen) atoms. The molecule has 0 unspecified atom stereocenters. The minimum atomic E-state index is -1.82. The van der Waals surface area contributed by atoms with Gasteiger partial charge in [-0.15, -0.1) is 10.2 Å². The number of nitrogens with two attached hydrogens (primary N) is 1. The maximum Gasteiger partial charge on any atom is 0.414 e. The summed E-state index contributed by atoms with van der Waals surface area (Å²) in [6.45, 7) is 0.651. The van der Waals surface area contributed by atoms with Crippen molar-refractivity contribution in [3.05, 3.63) is 30.3 Å². The summed E-state index contributed by atoms with van der Waals surface area (Å²) in [7, 11) is 1.97. The molecular weight excluding hydrogens is 308 g/mol. The Labute approximate surface area is 131 Å². The lowest BCUT2D eigenvalue weighted by Gasteiger charge is -2.02. The van der Waals surface area contributed by atoms with E-state index in [9.17, 15) is 0 Å². The fraction of sp³-hybridized carbons (Fsp3) is 0.231. The molecule has 0 radical (unpaired) electrons. The lowest BCUT2D eigenvalue weighted by atomic mass is 10.2. The molecule has 0 saturated carbocycles. The van der Waals surface area contributed by atoms with E-state index in [0.717, 1.165) is 22.3 Å². The van der Waals surface area contributed by atoms with Crippen molar-refractivity contribution in [2.24, 2.45) is 12.8 Å². The van der Waals surface area contributed by atoms with E-state index in [0.29, 0.717) is 6.54 Å². The number of aromatic nitrogens is 3. The van der Waals surface area contributed by atoms with E-state index in [4.69, 9.17) is 25.5 Å². The SMILES string of the molecule is Cn1c(SCCN)nnc1-c1ccccc1.O=C(O)C(=O)O. The molecule has 0 aliphatic carbocycles. The van der Waals surface area contributed by atoms with E-state index < -0.39 is 11.9 Å². The molecule has 2 aromatic rings. The van der Waals surface area contributed by atoms with Crippen LogP contribution in [0.3, 0.4) is 0 Å². The van der Waals surface area contributed by atoms with Gasteiger partial charge in [0.05, 0.1) is 0 Å². The number of rotatable bonds is 4. The van der Waals surface area contributed by atoms with Gasteiger partial charge in [-0.25, -0.2) is 9.59 Å². The predicted molar refractivity (Wildman–Crippen MR) is 81.5 cm³/mol. The fourth-order valence-electron chi connectivity index (χ4n) is 1.43. The first-order valence-corrected chi connectivity index (χ1v) is 7.19. The van der Waals surface area contributed by atoms with Crippen LogP contribution in [0.4, 0.5) is 0 Å². The van der Waals surface area contributed by atoms with Crippen LogP contribution in [-0.4, -0.2) is 49.2 Å². The van der Waals surface area contributed by atoms with Crippen LogP contribution in [-0.2, 0) is 16.6 Å². The molecule has 0 fully saturated rings. The molecule has 0 spiro atoms. The van der Waals surface area contributed by atoms with E-state index in [-0.39, 0.29) is 0 Å². The molecule has 0 aliphatic heterocycles. The van der Waals surface area contributed by atoms with Gasteiger partial charge in [0.25, 0.3) is 0 Å². The molecule has 4 N–H and O–H groups in total. The first-order valence-electron chi connectivity index (χ1n) is 6.21. The summed E-state index contributed by atoms with van der Waals surface area (Å²) in [5.74, 6) is -1.90. The molecule has 8 nitrogen and oxygen atoms in total. The third-order valence-corrected chi connectivity index (χ3v) is 3.45. The fourth-order valence-corrected chi connectivity index (χ4v) is 2.11. The van der Waals surface area contributed by atoms with Gasteiger partial charge >= 0.3 is 11.9 Å². The van der Waals surface area contributed by atoms with Gasteiger partial charge in [0.15, 0.2) is 11.0 Å². The van der Waals surface area contributed by atoms with Crippen molar-refractivity contribution in [1.29, 1.82) is 0 Å². The van der Waals surface area contributed by atoms with Crippen molar-refractivity contribution in [3.8, 4) is 11.4 Å². The number of thioether (sulfide) groups is 1. The minimum Gasteiger partial charge on any atom is -0.473 e. The summed E-state index contributed by atoms with van der Waals surface area (Å²) in [5, 5.41) is 24.0. The topological polar surface area (TPSA) is 131 Å². The molecule has 1 aromatic carbocycles. The van der Waals surface area contributed by atoms with Crippen LogP contribution in [0.2, 0.25) is 0 Å². The van der Waals surface area contributed by atoms with E-state index in [1.54, 1.807) is 11.8 Å². The van der Waals surface area contributed by atoms with Crippen LogP contribution in [0.5, 0.6) is 0 Å². The van der Waals surface area contributed by atoms with Crippen molar-refractivity contribution < 1.29 is 19.8 Å². The number of carboxylic acids is 2. The average Bonchev–Trinajstić information content (AvgIpc) is 2.87. The standard InChI is InChI=1S/C11H14N4S.C2H2O4/c1-15-10(9-5-3-2-4-6-9)13-14-11(15)16-8-7-12;3-1(4)2(5)6/h2-6H,7-8,12H2,1H3;(H,3,4)(H,5,6). The lowest BCUT2D eigenvalue weighted by Crippen LogP contribution is -2.09. The Morgan fingerprint density at radius 3 is 2.27 bits per heavy atom. The summed E-state index contributed by atoms with van der Waals surface area (Å²) in [6.07, 6.45) is 0. The van der Waals surface area contributed by atoms with Crippen molar-refractivity contribution in [1.82, 2.24) is 14.8 Å². The van der Waals surface area contributed by atoms with Gasteiger partial charge < -0.3 is 20.5 Å². The van der Waals surface area contributed by atoms with Crippen molar-refractivity contribution in [3.63, 3.8) is 0 Å². The molecule has 0 aliphatic rings. The van der Waals surface area contributed by atoms with E-state index in [2.05, 4.69) is 10.2 Å². The maximum atomic E-state index is 9.10. The highest BCUT2D eigenvalue weighted by molar-refractivity contribution is 7.99. The van der Waals surface area contributed by atoms with Crippen LogP contribution in [0.15, 0.2) is 35.5 Å². The molecular formula is C13H16N4O4S. The van der Waals surface area contributed by atoms with Crippen molar-refractivity contribution >= 4 is 23.7 Å². The molecule has 0 saturated heterocycles. The first-order chi connectivity index (χ1) is 10.5. The van der Waals surface area contributed by atoms with Gasteiger partial charge in [-0.05, 0) is 0 Å². The second-order valence-corrected chi connectivity index (χ2v) is 5.04. The average molecular weight is 324 g/mol. The highest BCUT2D eigenvalue weighted by Crippen LogP contribution is 2.21. The second kappa shape index (κ2) is 8.80. The summed E-state index contributed by atoms with van der Waals surface area (Å²) in [4.78, 5) is 18.2. The van der Waals surface area contributed by atoms with Crippen molar-refractivity contribution in [2.75, 3.05) is 12.3 Å². The van der Waals surface area contributed by atoms with E-state index >= 15 is 0 Å². The number of aliphatic carboxylic acids is 2. The number of nitrogens with zero attached hydrogens (tertiary/aromatic N) is 3. The second-order valence-electron chi connectivity index (χ2n) is 3.98. The van der Waals surface area contributed by atoms with Gasteiger partial charge in [-0.1, -0.05) is 42.1 Å². The monoisotopic (exact) mass is 324 g/mol. The molecule has 0 atom stereocenters. The Bertz CT molecular complexity index is 618. The maximum absolute atomic E-state index is 9.10. The first kappa shape index (κ1) is 17.7. The molecule has 1 aromatic heterocycles. The number of hydrogen-bond donors (Lipinski definition) is 3. The van der Waals surface area contributed by atoms with E-state index in [1.165, 1.54) is 0 Å². The van der Waals surface area contributed by atoms with Gasteiger partial charge in [-0.2, -0.15) is 0 Å². The van der Waals surface area contributed by atoms with Crippen LogP contribution in [0.25, 0.3) is 11.4 Å². The lowest BCUT2D eigenvalue weighted by molar-refractivity contribution is -0.159.